The lowest BCUT2D eigenvalue weighted by atomic mass is 9.81. The Hall–Kier alpha value is -0.860. The summed E-state index contributed by atoms with van der Waals surface area (Å²) in [5.74, 6) is 0. The molecule has 1 atom stereocenters. The number of ether oxygens (including phenoxy) is 2. The second kappa shape index (κ2) is 6.35. The number of hydrogen-bond donors (Lipinski definition) is 0. The van der Waals surface area contributed by atoms with Crippen molar-refractivity contribution >= 4 is 0 Å². The Morgan fingerprint density at radius 1 is 0.889 bits per heavy atom. The van der Waals surface area contributed by atoms with E-state index < -0.39 is 0 Å². The van der Waals surface area contributed by atoms with Crippen LogP contribution in [0.4, 0.5) is 0 Å². The molecule has 0 fully saturated rings. The van der Waals surface area contributed by atoms with Gasteiger partial charge in [0.1, 0.15) is 0 Å². The zero-order valence-electron chi connectivity index (χ0n) is 12.3. The summed E-state index contributed by atoms with van der Waals surface area (Å²) in [6.07, 6.45) is 0.856. The van der Waals surface area contributed by atoms with Crippen LogP contribution in [0.2, 0.25) is 0 Å². The van der Waals surface area contributed by atoms with Crippen molar-refractivity contribution in [1.82, 2.24) is 0 Å². The van der Waals surface area contributed by atoms with Crippen LogP contribution in [0.5, 0.6) is 0 Å². The molecule has 1 rings (SSSR count). The van der Waals surface area contributed by atoms with Crippen LogP contribution in [0.1, 0.15) is 40.2 Å². The average molecular weight is 250 g/mol. The second-order valence-corrected chi connectivity index (χ2v) is 5.27. The maximum absolute atomic E-state index is 6.03. The van der Waals surface area contributed by atoms with Crippen LogP contribution in [0.15, 0.2) is 30.3 Å². The number of hydrogen-bond acceptors (Lipinski definition) is 2. The lowest BCUT2D eigenvalue weighted by molar-refractivity contribution is -0.180. The predicted octanol–water partition coefficient (Wildman–Crippen LogP) is 3.84. The van der Waals surface area contributed by atoms with E-state index in [1.54, 1.807) is 0 Å². The molecule has 0 aliphatic rings. The first-order valence-corrected chi connectivity index (χ1v) is 6.77. The lowest BCUT2D eigenvalue weighted by Crippen LogP contribution is -2.53. The zero-order chi connectivity index (χ0) is 13.6. The van der Waals surface area contributed by atoms with Crippen molar-refractivity contribution < 1.29 is 9.47 Å². The van der Waals surface area contributed by atoms with Gasteiger partial charge in [-0.3, -0.25) is 0 Å². The molecular formula is C16H26O2. The minimum atomic E-state index is -0.320. The second-order valence-electron chi connectivity index (χ2n) is 5.27. The molecule has 0 saturated carbocycles. The fourth-order valence-corrected chi connectivity index (χ4v) is 2.26. The van der Waals surface area contributed by atoms with Gasteiger partial charge in [0.15, 0.2) is 0 Å². The molecule has 0 spiro atoms. The first-order chi connectivity index (χ1) is 8.45. The van der Waals surface area contributed by atoms with Gasteiger partial charge in [0, 0.05) is 19.6 Å². The van der Waals surface area contributed by atoms with Crippen molar-refractivity contribution in [1.29, 1.82) is 0 Å². The third kappa shape index (κ3) is 3.56. The summed E-state index contributed by atoms with van der Waals surface area (Å²) in [6, 6.07) is 10.4. The van der Waals surface area contributed by atoms with E-state index >= 15 is 0 Å². The van der Waals surface area contributed by atoms with Crippen LogP contribution >= 0.6 is 0 Å². The Bertz CT molecular complexity index is 345. The van der Waals surface area contributed by atoms with Crippen molar-refractivity contribution in [3.8, 4) is 0 Å². The summed E-state index contributed by atoms with van der Waals surface area (Å²) in [5.41, 5.74) is 0.647. The van der Waals surface area contributed by atoms with Crippen molar-refractivity contribution in [2.75, 3.05) is 13.2 Å². The highest BCUT2D eigenvalue weighted by atomic mass is 16.6. The third-order valence-electron chi connectivity index (χ3n) is 3.63. The van der Waals surface area contributed by atoms with Crippen LogP contribution < -0.4 is 0 Å². The van der Waals surface area contributed by atoms with Gasteiger partial charge in [0.25, 0.3) is 0 Å². The van der Waals surface area contributed by atoms with Crippen LogP contribution in [-0.2, 0) is 15.9 Å². The fraction of sp³-hybridized carbons (Fsp3) is 0.625. The Labute approximate surface area is 111 Å². The summed E-state index contributed by atoms with van der Waals surface area (Å²) >= 11 is 0. The van der Waals surface area contributed by atoms with Gasteiger partial charge < -0.3 is 9.47 Å². The zero-order valence-corrected chi connectivity index (χ0v) is 12.3. The van der Waals surface area contributed by atoms with Gasteiger partial charge in [-0.25, -0.2) is 0 Å². The molecule has 0 aliphatic heterocycles. The van der Waals surface area contributed by atoms with Crippen molar-refractivity contribution in [3.63, 3.8) is 0 Å². The molecule has 0 radical (unpaired) electrons. The van der Waals surface area contributed by atoms with Gasteiger partial charge in [-0.1, -0.05) is 30.3 Å². The Morgan fingerprint density at radius 2 is 1.44 bits per heavy atom. The van der Waals surface area contributed by atoms with E-state index in [9.17, 15) is 0 Å². The highest BCUT2D eigenvalue weighted by Gasteiger charge is 2.42. The van der Waals surface area contributed by atoms with E-state index in [-0.39, 0.29) is 11.2 Å². The minimum absolute atomic E-state index is 0.312. The van der Waals surface area contributed by atoms with Gasteiger partial charge in [-0.15, -0.1) is 0 Å². The Balaban J connectivity index is 2.93. The molecule has 1 aromatic rings. The summed E-state index contributed by atoms with van der Waals surface area (Å²) in [4.78, 5) is 0. The molecule has 0 bridgehead atoms. The molecule has 0 saturated heterocycles. The molecule has 0 aromatic heterocycles. The highest BCUT2D eigenvalue weighted by molar-refractivity contribution is 5.18. The molecule has 0 amide bonds. The average Bonchev–Trinajstić information content (AvgIpc) is 2.30. The standard InChI is InChI=1S/C16H26O2/c1-6-17-15(3,4)16(5,18-7-2)13-14-11-9-8-10-12-14/h8-12H,6-7,13H2,1-5H3. The normalized spacial score (nSPS) is 15.4. The predicted molar refractivity (Wildman–Crippen MR) is 75.9 cm³/mol. The Morgan fingerprint density at radius 3 is 1.94 bits per heavy atom. The molecule has 18 heavy (non-hydrogen) atoms. The van der Waals surface area contributed by atoms with Gasteiger partial charge in [0.2, 0.25) is 0 Å². The van der Waals surface area contributed by atoms with E-state index in [0.29, 0.717) is 13.2 Å². The maximum atomic E-state index is 6.03. The first kappa shape index (κ1) is 15.2. The van der Waals surface area contributed by atoms with Crippen molar-refractivity contribution in [2.45, 2.75) is 52.2 Å². The van der Waals surface area contributed by atoms with Crippen LogP contribution in [0, 0.1) is 0 Å². The molecule has 1 aromatic carbocycles. The van der Waals surface area contributed by atoms with Gasteiger partial charge in [-0.2, -0.15) is 0 Å². The summed E-state index contributed by atoms with van der Waals surface area (Å²) in [5, 5.41) is 0. The van der Waals surface area contributed by atoms with Crippen molar-refractivity contribution in [3.05, 3.63) is 35.9 Å². The minimum Gasteiger partial charge on any atom is -0.373 e. The highest BCUT2D eigenvalue weighted by Crippen LogP contribution is 2.32. The molecule has 2 nitrogen and oxygen atoms in total. The molecule has 0 N–H and O–H groups in total. The smallest absolute Gasteiger partial charge is 0.0977 e. The Kier molecular flexibility index (Phi) is 5.36. The molecule has 2 heteroatoms. The molecular weight excluding hydrogens is 224 g/mol. The molecule has 102 valence electrons. The molecule has 0 heterocycles. The van der Waals surface area contributed by atoms with E-state index in [1.807, 2.05) is 19.9 Å². The quantitative estimate of drug-likeness (QED) is 0.732. The summed E-state index contributed by atoms with van der Waals surface area (Å²) in [6.45, 7) is 11.8. The van der Waals surface area contributed by atoms with Gasteiger partial charge in [-0.05, 0) is 40.2 Å². The summed E-state index contributed by atoms with van der Waals surface area (Å²) in [7, 11) is 0. The van der Waals surface area contributed by atoms with Crippen LogP contribution in [0.25, 0.3) is 0 Å². The van der Waals surface area contributed by atoms with Crippen LogP contribution in [0.3, 0.4) is 0 Å². The monoisotopic (exact) mass is 250 g/mol. The third-order valence-corrected chi connectivity index (χ3v) is 3.63. The fourth-order valence-electron chi connectivity index (χ4n) is 2.26. The number of rotatable bonds is 7. The van der Waals surface area contributed by atoms with Gasteiger partial charge in [0.05, 0.1) is 11.2 Å². The van der Waals surface area contributed by atoms with E-state index in [4.69, 9.17) is 9.47 Å². The summed E-state index contributed by atoms with van der Waals surface area (Å²) < 4.78 is 11.9. The molecule has 0 aliphatic carbocycles. The maximum Gasteiger partial charge on any atom is 0.0977 e. The topological polar surface area (TPSA) is 18.5 Å². The lowest BCUT2D eigenvalue weighted by Gasteiger charge is -2.43. The van der Waals surface area contributed by atoms with E-state index in [0.717, 1.165) is 6.42 Å². The van der Waals surface area contributed by atoms with E-state index in [1.165, 1.54) is 5.56 Å². The van der Waals surface area contributed by atoms with Crippen molar-refractivity contribution in [2.24, 2.45) is 0 Å². The SMILES string of the molecule is CCOC(C)(C)C(C)(Cc1ccccc1)OCC. The number of benzene rings is 1. The molecule has 1 unspecified atom stereocenters. The van der Waals surface area contributed by atoms with E-state index in [2.05, 4.69) is 45.0 Å². The van der Waals surface area contributed by atoms with Crippen LogP contribution in [-0.4, -0.2) is 24.4 Å². The van der Waals surface area contributed by atoms with Gasteiger partial charge >= 0.3 is 0 Å². The first-order valence-electron chi connectivity index (χ1n) is 6.77. The largest absolute Gasteiger partial charge is 0.373 e.